The minimum atomic E-state index is -2.51. The molecule has 6 amide bonds. The number of aliphatic carboxylic acids is 1. The van der Waals surface area contributed by atoms with Crippen LogP contribution in [0.2, 0.25) is 0 Å². The van der Waals surface area contributed by atoms with Gasteiger partial charge in [0.25, 0.3) is 11.7 Å². The highest BCUT2D eigenvalue weighted by Crippen LogP contribution is 2.36. The van der Waals surface area contributed by atoms with Crippen molar-refractivity contribution in [2.75, 3.05) is 89.4 Å². The first-order chi connectivity index (χ1) is 51.4. The Morgan fingerprint density at radius 2 is 1.55 bits per heavy atom. The summed E-state index contributed by atoms with van der Waals surface area (Å²) in [6.45, 7) is 14.3. The van der Waals surface area contributed by atoms with Gasteiger partial charge in [-0.15, -0.1) is 16.4 Å². The lowest BCUT2D eigenvalue weighted by molar-refractivity contribution is -0.292. The van der Waals surface area contributed by atoms with Gasteiger partial charge in [-0.3, -0.25) is 33.7 Å². The van der Waals surface area contributed by atoms with Crippen molar-refractivity contribution in [1.29, 1.82) is 0 Å². The number of nitrogens with one attached hydrogen (secondary N) is 4. The number of hydrogen-bond acceptors (Lipinski definition) is 28. The molecule has 36 heteroatoms. The number of thiazole rings is 1. The molecule has 616 valence electrons. The Hall–Kier alpha value is -6.85. The molecule has 1 aromatic carbocycles. The van der Waals surface area contributed by atoms with E-state index in [9.17, 15) is 79.5 Å². The van der Waals surface area contributed by atoms with Gasteiger partial charge in [-0.2, -0.15) is 0 Å². The zero-order chi connectivity index (χ0) is 81.3. The molecule has 3 aliphatic rings. The number of methoxy groups -OCH3 is 3. The first-order valence-corrected chi connectivity index (χ1v) is 37.9. The summed E-state index contributed by atoms with van der Waals surface area (Å²) in [5.41, 5.74) is 1.51. The third-order valence-electron chi connectivity index (χ3n) is 20.3. The number of aromatic nitrogens is 4. The van der Waals surface area contributed by atoms with Gasteiger partial charge in [-0.1, -0.05) is 95.6 Å². The van der Waals surface area contributed by atoms with E-state index < -0.39 is 146 Å². The number of amides is 6. The average Bonchev–Trinajstić information content (AvgIpc) is 1.76. The second-order valence-corrected chi connectivity index (χ2v) is 30.6. The first kappa shape index (κ1) is 92.8. The van der Waals surface area contributed by atoms with Crippen LogP contribution in [0.15, 0.2) is 53.3 Å². The molecule has 22 atom stereocenters. The van der Waals surface area contributed by atoms with Gasteiger partial charge in [0.2, 0.25) is 29.5 Å². The Labute approximate surface area is 642 Å². The molecular formula is C73H121N13O22S. The van der Waals surface area contributed by atoms with Crippen LogP contribution >= 0.6 is 11.3 Å². The maximum atomic E-state index is 14.3. The summed E-state index contributed by atoms with van der Waals surface area (Å²) in [6, 6.07) is 6.62. The summed E-state index contributed by atoms with van der Waals surface area (Å²) in [7, 11) is 13.3. The van der Waals surface area contributed by atoms with Crippen LogP contribution in [0.5, 0.6) is 0 Å². The van der Waals surface area contributed by atoms with Gasteiger partial charge in [-0.05, 0) is 77.2 Å². The van der Waals surface area contributed by atoms with Crippen LogP contribution in [0, 0.1) is 29.6 Å². The van der Waals surface area contributed by atoms with Crippen LogP contribution in [-0.2, 0) is 81.5 Å². The molecule has 3 aromatic rings. The Morgan fingerprint density at radius 3 is 2.13 bits per heavy atom. The number of aliphatic hydroxyl groups excluding tert-OH is 8. The molecule has 0 radical (unpaired) electrons. The first-order valence-electron chi connectivity index (χ1n) is 37.0. The fourth-order valence-electron chi connectivity index (χ4n) is 14.2. The standard InChI is InChI=1S/C42H68N6O6S.C31H53N7O16/c1-13-28(6)37(47(10)42(52)35(26(2)3)45-40(51)36(27(4)5)46(8)9)33(53-11)25-34(49)48-22-17-20-32(48)38(54-12)29(7)39(50)44-31(41-43-21-23-55-41)24-30-18-15-14-16-19-30;1-15(39)34-24-18(40)8-31(30(49)50,52-13-16-7-21(51-4)28(47)29(48)25(16)44)54-22(24)9-33-53-14-23(43)32-6-5-17-10-38(36-35-17)12-20(42)27(46)26(45)19(41)11-37(2)3/h14-16,18-19,21,23,26-29,31-33,35-38H,13,17,20,22,24-25H2,1-12H3,(H,44,50)(H,45,51);9-10,16,18-22,24-29,40-42,44-48H,5-8,11-14H2,1-4H3,(H,32,43)(H,34,39)(H,49,50)/b;33-9+. The summed E-state index contributed by atoms with van der Waals surface area (Å²) < 4.78 is 29.8. The topological polar surface area (TPSA) is 474 Å². The van der Waals surface area contributed by atoms with Crippen molar-refractivity contribution in [2.45, 2.75) is 229 Å². The molecule has 0 spiro atoms. The quantitative estimate of drug-likeness (QED) is 0.0232. The Bertz CT molecular complexity index is 3300. The molecule has 22 unspecified atom stereocenters. The third kappa shape index (κ3) is 26.4. The number of likely N-dealkylation sites (N-methyl/N-ethyl adjacent to an activating group) is 3. The molecule has 0 bridgehead atoms. The number of carbonyl (C=O) groups excluding carboxylic acids is 6. The number of nitrogens with zero attached hydrogens (tertiary/aromatic N) is 9. The fraction of sp³-hybridized carbons (Fsp3) is 0.740. The van der Waals surface area contributed by atoms with Crippen LogP contribution < -0.4 is 21.3 Å². The van der Waals surface area contributed by atoms with Crippen molar-refractivity contribution in [3.63, 3.8) is 0 Å². The number of rotatable bonds is 41. The Balaban J connectivity index is 0.000000391. The van der Waals surface area contributed by atoms with Gasteiger partial charge in [0.05, 0.1) is 104 Å². The van der Waals surface area contributed by atoms with E-state index in [0.29, 0.717) is 25.1 Å². The molecule has 13 N–H and O–H groups in total. The van der Waals surface area contributed by atoms with Gasteiger partial charge in [0.15, 0.2) is 6.61 Å². The molecule has 4 heterocycles. The number of hydrogen-bond donors (Lipinski definition) is 13. The number of benzene rings is 1. The monoisotopic (exact) mass is 1560 g/mol. The van der Waals surface area contributed by atoms with Crippen LogP contribution in [0.4, 0.5) is 0 Å². The van der Waals surface area contributed by atoms with Crippen LogP contribution in [0.3, 0.4) is 0 Å². The number of carboxylic acid groups (broad SMARTS) is 1. The largest absolute Gasteiger partial charge is 0.477 e. The maximum absolute atomic E-state index is 14.3. The van der Waals surface area contributed by atoms with E-state index in [1.54, 1.807) is 51.4 Å². The summed E-state index contributed by atoms with van der Waals surface area (Å²) >= 11 is 1.51. The Kier molecular flexibility index (Phi) is 37.8. The van der Waals surface area contributed by atoms with Crippen LogP contribution in [-0.4, -0.2) is 332 Å². The number of carboxylic acids is 1. The van der Waals surface area contributed by atoms with Crippen molar-refractivity contribution >= 4 is 59.0 Å². The van der Waals surface area contributed by atoms with E-state index >= 15 is 0 Å². The number of ether oxygens (including phenoxy) is 5. The molecule has 1 saturated carbocycles. The highest BCUT2D eigenvalue weighted by Gasteiger charge is 2.55. The zero-order valence-electron chi connectivity index (χ0n) is 65.6. The van der Waals surface area contributed by atoms with E-state index in [4.69, 9.17) is 28.5 Å². The van der Waals surface area contributed by atoms with Gasteiger partial charge >= 0.3 is 5.97 Å². The molecule has 6 rings (SSSR count). The van der Waals surface area contributed by atoms with Gasteiger partial charge in [0.1, 0.15) is 47.7 Å². The van der Waals surface area contributed by atoms with Crippen molar-refractivity contribution < 1.29 is 108 Å². The minimum Gasteiger partial charge on any atom is -0.477 e. The predicted molar refractivity (Wildman–Crippen MR) is 398 cm³/mol. The highest BCUT2D eigenvalue weighted by molar-refractivity contribution is 7.09. The molecular weight excluding hydrogens is 1440 g/mol. The van der Waals surface area contributed by atoms with Crippen LogP contribution in [0.1, 0.15) is 116 Å². The SMILES string of the molecule is CCC(C)C(C(CC(=O)N1CCCC1C(OC)C(C)C(=O)NC(Cc1ccccc1)c1nccs1)OC)N(C)C(=O)C(NC(=O)C(C(C)C)N(C)C)C(C)C.COC1CC(COC2(C(=O)O)CC(O)C(NC(C)=O)C(/C=N/OCC(=O)NCCc3cn(CC(O)C(O)C(O)C(O)CN(C)C)nn3)O2)C(O)C(O)C1O. The lowest BCUT2D eigenvalue weighted by Crippen LogP contribution is -2.65. The summed E-state index contributed by atoms with van der Waals surface area (Å²) in [6.07, 6.45) is -9.02. The van der Waals surface area contributed by atoms with Crippen LogP contribution in [0.25, 0.3) is 0 Å². The zero-order valence-corrected chi connectivity index (χ0v) is 66.5. The average molecular weight is 1560 g/mol. The van der Waals surface area contributed by atoms with Crippen molar-refractivity contribution in [1.82, 2.24) is 60.8 Å². The molecule has 2 saturated heterocycles. The van der Waals surface area contributed by atoms with Gasteiger partial charge in [-0.25, -0.2) is 14.5 Å². The third-order valence-corrected chi connectivity index (χ3v) is 21.2. The normalized spacial score (nSPS) is 25.0. The molecule has 1 aliphatic carbocycles. The summed E-state index contributed by atoms with van der Waals surface area (Å²) in [5.74, 6) is -7.63. The number of aliphatic hydroxyl groups is 8. The summed E-state index contributed by atoms with van der Waals surface area (Å²) in [5, 5.41) is 118. The highest BCUT2D eigenvalue weighted by atomic mass is 32.1. The summed E-state index contributed by atoms with van der Waals surface area (Å²) in [4.78, 5) is 109. The van der Waals surface area contributed by atoms with E-state index in [2.05, 4.69) is 55.6 Å². The minimum absolute atomic E-state index is 0.00530. The van der Waals surface area contributed by atoms with Crippen molar-refractivity contribution in [3.05, 3.63) is 64.4 Å². The molecule has 35 nitrogen and oxygen atoms in total. The second-order valence-electron chi connectivity index (χ2n) is 29.7. The van der Waals surface area contributed by atoms with E-state index in [1.807, 2.05) is 94.2 Å². The van der Waals surface area contributed by atoms with Gasteiger partial charge < -0.3 is 110 Å². The van der Waals surface area contributed by atoms with Crippen molar-refractivity contribution in [2.24, 2.45) is 34.7 Å². The molecule has 2 aliphatic heterocycles. The lowest BCUT2D eigenvalue weighted by atomic mass is 9.81. The number of carbonyl (C=O) groups is 7. The molecule has 2 aromatic heterocycles. The number of oxime groups is 1. The molecule has 3 fully saturated rings. The van der Waals surface area contributed by atoms with E-state index in [1.165, 1.54) is 29.3 Å². The Morgan fingerprint density at radius 1 is 0.872 bits per heavy atom. The molecule has 109 heavy (non-hydrogen) atoms. The predicted octanol–water partition coefficient (Wildman–Crippen LogP) is -1.30. The smallest absolute Gasteiger partial charge is 0.364 e. The second kappa shape index (κ2) is 44.4. The van der Waals surface area contributed by atoms with Crippen molar-refractivity contribution in [3.8, 4) is 0 Å². The van der Waals surface area contributed by atoms with E-state index in [-0.39, 0.29) is 98.4 Å². The fourth-order valence-corrected chi connectivity index (χ4v) is 14.9. The number of likely N-dealkylation sites (tertiary alicyclic amines) is 1. The maximum Gasteiger partial charge on any atom is 0.364 e. The lowest BCUT2D eigenvalue weighted by Gasteiger charge is -2.45. The van der Waals surface area contributed by atoms with Gasteiger partial charge in [0, 0.05) is 91.5 Å². The van der Waals surface area contributed by atoms with E-state index in [0.717, 1.165) is 36.6 Å².